The quantitative estimate of drug-likeness (QED) is 0.859. The molecule has 1 rings (SSSR count). The highest BCUT2D eigenvalue weighted by Gasteiger charge is 2.34. The third-order valence-electron chi connectivity index (χ3n) is 2.29. The van der Waals surface area contributed by atoms with E-state index in [2.05, 4.69) is 5.32 Å². The summed E-state index contributed by atoms with van der Waals surface area (Å²) in [5.74, 6) is -1.11. The normalized spacial score (nSPS) is 13.4. The molecule has 6 heteroatoms. The Morgan fingerprint density at radius 2 is 2.00 bits per heavy atom. The van der Waals surface area contributed by atoms with Gasteiger partial charge in [-0.25, -0.2) is 0 Å². The first-order valence-corrected chi connectivity index (χ1v) is 4.93. The molecule has 3 nitrogen and oxygen atoms in total. The van der Waals surface area contributed by atoms with Gasteiger partial charge in [0, 0.05) is 6.04 Å². The minimum Gasteiger partial charge on any atom is -0.480 e. The number of carboxylic acids is 1. The second-order valence-corrected chi connectivity index (χ2v) is 3.58. The van der Waals surface area contributed by atoms with Crippen molar-refractivity contribution in [2.24, 2.45) is 0 Å². The van der Waals surface area contributed by atoms with E-state index in [9.17, 15) is 18.0 Å². The largest absolute Gasteiger partial charge is 0.480 e. The average molecular weight is 247 g/mol. The van der Waals surface area contributed by atoms with Crippen molar-refractivity contribution in [3.63, 3.8) is 0 Å². The summed E-state index contributed by atoms with van der Waals surface area (Å²) in [4.78, 5) is 10.3. The lowest BCUT2D eigenvalue weighted by Crippen LogP contribution is -2.27. The zero-order valence-electron chi connectivity index (χ0n) is 9.08. The molecule has 0 heterocycles. The van der Waals surface area contributed by atoms with Gasteiger partial charge in [0.15, 0.2) is 0 Å². The van der Waals surface area contributed by atoms with Gasteiger partial charge in [0.05, 0.1) is 12.1 Å². The first-order valence-electron chi connectivity index (χ1n) is 4.93. The van der Waals surface area contributed by atoms with Crippen molar-refractivity contribution in [3.8, 4) is 0 Å². The Hall–Kier alpha value is -1.56. The van der Waals surface area contributed by atoms with E-state index in [0.717, 1.165) is 6.07 Å². The summed E-state index contributed by atoms with van der Waals surface area (Å²) in [6.45, 7) is 1.11. The molecular formula is C11H12F3NO2. The summed E-state index contributed by atoms with van der Waals surface area (Å²) >= 11 is 0. The van der Waals surface area contributed by atoms with Crippen LogP contribution in [-0.4, -0.2) is 17.6 Å². The van der Waals surface area contributed by atoms with E-state index in [1.807, 2.05) is 0 Å². The molecule has 0 aromatic heterocycles. The fourth-order valence-electron chi connectivity index (χ4n) is 1.48. The maximum absolute atomic E-state index is 12.7. The summed E-state index contributed by atoms with van der Waals surface area (Å²) in [6.07, 6.45) is -4.43. The lowest BCUT2D eigenvalue weighted by Gasteiger charge is -2.18. The van der Waals surface area contributed by atoms with Gasteiger partial charge in [-0.2, -0.15) is 13.2 Å². The summed E-state index contributed by atoms with van der Waals surface area (Å²) in [7, 11) is 0. The fraction of sp³-hybridized carbons (Fsp3) is 0.364. The molecule has 1 aromatic rings. The molecule has 94 valence electrons. The van der Waals surface area contributed by atoms with Crippen LogP contribution in [0.5, 0.6) is 0 Å². The van der Waals surface area contributed by atoms with Crippen LogP contribution in [0.2, 0.25) is 0 Å². The second-order valence-electron chi connectivity index (χ2n) is 3.58. The highest BCUT2D eigenvalue weighted by Crippen LogP contribution is 2.34. The Morgan fingerprint density at radius 3 is 2.53 bits per heavy atom. The first-order chi connectivity index (χ1) is 7.82. The molecule has 1 unspecified atom stereocenters. The third-order valence-corrected chi connectivity index (χ3v) is 2.29. The van der Waals surface area contributed by atoms with Gasteiger partial charge in [-0.1, -0.05) is 18.2 Å². The van der Waals surface area contributed by atoms with Crippen molar-refractivity contribution in [2.75, 3.05) is 6.54 Å². The molecule has 0 spiro atoms. The van der Waals surface area contributed by atoms with Crippen LogP contribution in [0.1, 0.15) is 24.1 Å². The standard InChI is InChI=1S/C11H12F3NO2/c1-7(15-6-10(16)17)8-4-2-3-5-9(8)11(12,13)14/h2-5,7,15H,6H2,1H3,(H,16,17). The number of hydrogen-bond donors (Lipinski definition) is 2. The summed E-state index contributed by atoms with van der Waals surface area (Å²) in [5, 5.41) is 11.0. The number of alkyl halides is 3. The van der Waals surface area contributed by atoms with E-state index in [4.69, 9.17) is 5.11 Å². The van der Waals surface area contributed by atoms with Gasteiger partial charge >= 0.3 is 12.1 Å². The average Bonchev–Trinajstić information content (AvgIpc) is 2.24. The Morgan fingerprint density at radius 1 is 1.41 bits per heavy atom. The summed E-state index contributed by atoms with van der Waals surface area (Å²) < 4.78 is 38.0. The number of rotatable bonds is 4. The van der Waals surface area contributed by atoms with Gasteiger partial charge in [0.25, 0.3) is 0 Å². The van der Waals surface area contributed by atoms with Crippen molar-refractivity contribution < 1.29 is 23.1 Å². The minimum absolute atomic E-state index is 0.0428. The predicted octanol–water partition coefficient (Wildman–Crippen LogP) is 2.44. The van der Waals surface area contributed by atoms with Gasteiger partial charge in [0.2, 0.25) is 0 Å². The number of carbonyl (C=O) groups is 1. The van der Waals surface area contributed by atoms with Gasteiger partial charge in [0.1, 0.15) is 0 Å². The van der Waals surface area contributed by atoms with Crippen LogP contribution in [0.25, 0.3) is 0 Å². The van der Waals surface area contributed by atoms with Crippen LogP contribution in [0, 0.1) is 0 Å². The van der Waals surface area contributed by atoms with E-state index in [1.54, 1.807) is 0 Å². The summed E-state index contributed by atoms with van der Waals surface area (Å²) in [5.41, 5.74) is -0.702. The van der Waals surface area contributed by atoms with Crippen LogP contribution < -0.4 is 5.32 Å². The van der Waals surface area contributed by atoms with E-state index in [-0.39, 0.29) is 12.1 Å². The van der Waals surface area contributed by atoms with Crippen LogP contribution >= 0.6 is 0 Å². The Bertz CT molecular complexity index is 404. The molecule has 0 aliphatic rings. The monoisotopic (exact) mass is 247 g/mol. The topological polar surface area (TPSA) is 49.3 Å². The van der Waals surface area contributed by atoms with Gasteiger partial charge in [-0.15, -0.1) is 0 Å². The Balaban J connectivity index is 2.93. The predicted molar refractivity (Wildman–Crippen MR) is 55.5 cm³/mol. The molecular weight excluding hydrogens is 235 g/mol. The molecule has 2 N–H and O–H groups in total. The number of benzene rings is 1. The molecule has 1 aromatic carbocycles. The first kappa shape index (κ1) is 13.5. The smallest absolute Gasteiger partial charge is 0.416 e. The lowest BCUT2D eigenvalue weighted by atomic mass is 10.0. The molecule has 0 saturated carbocycles. The molecule has 0 aliphatic heterocycles. The number of aliphatic carboxylic acids is 1. The SMILES string of the molecule is CC(NCC(=O)O)c1ccccc1C(F)(F)F. The maximum Gasteiger partial charge on any atom is 0.416 e. The molecule has 0 amide bonds. The van der Waals surface area contributed by atoms with Gasteiger partial charge in [-0.3, -0.25) is 4.79 Å². The number of carboxylic acid groups (broad SMARTS) is 1. The fourth-order valence-corrected chi connectivity index (χ4v) is 1.48. The highest BCUT2D eigenvalue weighted by molar-refractivity contribution is 5.69. The van der Waals surface area contributed by atoms with E-state index in [0.29, 0.717) is 0 Å². The van der Waals surface area contributed by atoms with Crippen molar-refractivity contribution >= 4 is 5.97 Å². The second kappa shape index (κ2) is 5.18. The number of halogens is 3. The van der Waals surface area contributed by atoms with Crippen LogP contribution in [-0.2, 0) is 11.0 Å². The van der Waals surface area contributed by atoms with E-state index < -0.39 is 23.8 Å². The Labute approximate surface area is 96.3 Å². The lowest BCUT2D eigenvalue weighted by molar-refractivity contribution is -0.138. The molecule has 1 atom stereocenters. The van der Waals surface area contributed by atoms with Crippen LogP contribution in [0.3, 0.4) is 0 Å². The van der Waals surface area contributed by atoms with E-state index >= 15 is 0 Å². The van der Waals surface area contributed by atoms with Crippen molar-refractivity contribution in [2.45, 2.75) is 19.1 Å². The summed E-state index contributed by atoms with van der Waals surface area (Å²) in [6, 6.07) is 4.43. The number of hydrogen-bond acceptors (Lipinski definition) is 2. The zero-order chi connectivity index (χ0) is 13.1. The zero-order valence-corrected chi connectivity index (χ0v) is 9.08. The molecule has 0 aliphatic carbocycles. The molecule has 0 bridgehead atoms. The maximum atomic E-state index is 12.7. The van der Waals surface area contributed by atoms with Crippen molar-refractivity contribution in [1.82, 2.24) is 5.32 Å². The molecule has 17 heavy (non-hydrogen) atoms. The third kappa shape index (κ3) is 3.74. The molecule has 0 saturated heterocycles. The van der Waals surface area contributed by atoms with Crippen LogP contribution in [0.15, 0.2) is 24.3 Å². The van der Waals surface area contributed by atoms with Gasteiger partial charge < -0.3 is 10.4 Å². The Kier molecular flexibility index (Phi) is 4.11. The number of nitrogens with one attached hydrogen (secondary N) is 1. The van der Waals surface area contributed by atoms with Crippen LogP contribution in [0.4, 0.5) is 13.2 Å². The van der Waals surface area contributed by atoms with Crippen molar-refractivity contribution in [3.05, 3.63) is 35.4 Å². The molecule has 0 fully saturated rings. The van der Waals surface area contributed by atoms with E-state index in [1.165, 1.54) is 25.1 Å². The minimum atomic E-state index is -4.43. The highest BCUT2D eigenvalue weighted by atomic mass is 19.4. The van der Waals surface area contributed by atoms with Gasteiger partial charge in [-0.05, 0) is 18.6 Å². The molecule has 0 radical (unpaired) electrons. The van der Waals surface area contributed by atoms with Crippen molar-refractivity contribution in [1.29, 1.82) is 0 Å².